The van der Waals surface area contributed by atoms with Gasteiger partial charge in [-0.3, -0.25) is 9.55 Å². The van der Waals surface area contributed by atoms with Crippen molar-refractivity contribution in [2.45, 2.75) is 33.1 Å². The topological polar surface area (TPSA) is 55.6 Å². The molecule has 0 amide bonds. The number of nitrogens with zero attached hydrogens (tertiary/aromatic N) is 4. The quantitative estimate of drug-likeness (QED) is 0.849. The third kappa shape index (κ3) is 2.85. The first-order valence-electron chi connectivity index (χ1n) is 6.43. The van der Waals surface area contributed by atoms with Gasteiger partial charge in [0.05, 0.1) is 12.4 Å². The van der Waals surface area contributed by atoms with Crippen LogP contribution in [0.4, 0.5) is 5.82 Å². The lowest BCUT2D eigenvalue weighted by atomic mass is 10.3. The van der Waals surface area contributed by atoms with E-state index < -0.39 is 0 Å². The zero-order chi connectivity index (χ0) is 12.8. The zero-order valence-corrected chi connectivity index (χ0v) is 10.9. The van der Waals surface area contributed by atoms with E-state index in [0.29, 0.717) is 0 Å². The lowest BCUT2D eigenvalue weighted by Crippen LogP contribution is -2.07. The molecule has 0 aromatic carbocycles. The summed E-state index contributed by atoms with van der Waals surface area (Å²) in [5.41, 5.74) is 0. The molecule has 0 aliphatic heterocycles. The SMILES string of the molecule is CCCNc1cncc(-n2ccnc2CCC)n1. The van der Waals surface area contributed by atoms with Crippen LogP contribution in [-0.4, -0.2) is 26.1 Å². The van der Waals surface area contributed by atoms with Gasteiger partial charge in [0.1, 0.15) is 11.6 Å². The van der Waals surface area contributed by atoms with Crippen molar-refractivity contribution in [2.75, 3.05) is 11.9 Å². The van der Waals surface area contributed by atoms with Gasteiger partial charge < -0.3 is 5.32 Å². The van der Waals surface area contributed by atoms with Crippen LogP contribution in [0, 0.1) is 0 Å². The molecule has 2 heterocycles. The number of imidazole rings is 1. The maximum Gasteiger partial charge on any atom is 0.159 e. The molecule has 0 aliphatic carbocycles. The number of anilines is 1. The maximum absolute atomic E-state index is 4.54. The second kappa shape index (κ2) is 6.14. The predicted molar refractivity (Wildman–Crippen MR) is 71.9 cm³/mol. The average Bonchev–Trinajstić information content (AvgIpc) is 2.85. The van der Waals surface area contributed by atoms with Crippen LogP contribution in [0.15, 0.2) is 24.8 Å². The summed E-state index contributed by atoms with van der Waals surface area (Å²) in [6.07, 6.45) is 10.3. The van der Waals surface area contributed by atoms with Crippen molar-refractivity contribution < 1.29 is 0 Å². The van der Waals surface area contributed by atoms with Gasteiger partial charge in [-0.1, -0.05) is 13.8 Å². The fourth-order valence-corrected chi connectivity index (χ4v) is 1.76. The summed E-state index contributed by atoms with van der Waals surface area (Å²) in [6.45, 7) is 5.17. The molecule has 5 heteroatoms. The Morgan fingerprint density at radius 2 is 2.11 bits per heavy atom. The van der Waals surface area contributed by atoms with Crippen molar-refractivity contribution >= 4 is 5.82 Å². The lowest BCUT2D eigenvalue weighted by Gasteiger charge is -2.08. The molecule has 2 aromatic rings. The van der Waals surface area contributed by atoms with Crippen LogP contribution in [0.5, 0.6) is 0 Å². The molecule has 1 N–H and O–H groups in total. The highest BCUT2D eigenvalue weighted by molar-refractivity contribution is 5.36. The highest BCUT2D eigenvalue weighted by atomic mass is 15.2. The molecule has 0 aliphatic rings. The molecular weight excluding hydrogens is 226 g/mol. The molecule has 0 bridgehead atoms. The van der Waals surface area contributed by atoms with Gasteiger partial charge in [0, 0.05) is 25.4 Å². The Morgan fingerprint density at radius 3 is 2.89 bits per heavy atom. The summed E-state index contributed by atoms with van der Waals surface area (Å²) < 4.78 is 1.99. The van der Waals surface area contributed by atoms with Crippen LogP contribution in [-0.2, 0) is 6.42 Å². The first kappa shape index (κ1) is 12.5. The molecule has 2 aromatic heterocycles. The van der Waals surface area contributed by atoms with E-state index in [1.807, 2.05) is 10.8 Å². The number of nitrogens with one attached hydrogen (secondary N) is 1. The number of hydrogen-bond donors (Lipinski definition) is 1. The van der Waals surface area contributed by atoms with Crippen LogP contribution in [0.2, 0.25) is 0 Å². The smallest absolute Gasteiger partial charge is 0.159 e. The van der Waals surface area contributed by atoms with Crippen LogP contribution in [0.1, 0.15) is 32.5 Å². The van der Waals surface area contributed by atoms with E-state index in [4.69, 9.17) is 0 Å². The Balaban J connectivity index is 2.24. The van der Waals surface area contributed by atoms with Crippen molar-refractivity contribution in [2.24, 2.45) is 0 Å². The molecule has 0 fully saturated rings. The van der Waals surface area contributed by atoms with Crippen LogP contribution >= 0.6 is 0 Å². The summed E-state index contributed by atoms with van der Waals surface area (Å²) >= 11 is 0. The minimum atomic E-state index is 0.811. The normalized spacial score (nSPS) is 10.6. The Hall–Kier alpha value is -1.91. The fourth-order valence-electron chi connectivity index (χ4n) is 1.76. The van der Waals surface area contributed by atoms with Gasteiger partial charge in [0.2, 0.25) is 0 Å². The maximum atomic E-state index is 4.54. The molecule has 5 nitrogen and oxygen atoms in total. The molecule has 0 spiro atoms. The second-order valence-electron chi connectivity index (χ2n) is 4.15. The summed E-state index contributed by atoms with van der Waals surface area (Å²) in [4.78, 5) is 13.1. The predicted octanol–water partition coefficient (Wildman–Crippen LogP) is 2.44. The van der Waals surface area contributed by atoms with Crippen molar-refractivity contribution in [3.63, 3.8) is 0 Å². The van der Waals surface area contributed by atoms with Crippen LogP contribution in [0.3, 0.4) is 0 Å². The summed E-state index contributed by atoms with van der Waals surface area (Å²) in [5, 5.41) is 3.24. The number of aryl methyl sites for hydroxylation is 1. The monoisotopic (exact) mass is 245 g/mol. The van der Waals surface area contributed by atoms with E-state index in [0.717, 1.165) is 43.3 Å². The Morgan fingerprint density at radius 1 is 1.22 bits per heavy atom. The molecule has 0 radical (unpaired) electrons. The third-order valence-corrected chi connectivity index (χ3v) is 2.62. The Labute approximate surface area is 107 Å². The van der Waals surface area contributed by atoms with Crippen molar-refractivity contribution in [1.29, 1.82) is 0 Å². The van der Waals surface area contributed by atoms with Crippen molar-refractivity contribution in [3.8, 4) is 5.82 Å². The largest absolute Gasteiger partial charge is 0.369 e. The Bertz CT molecular complexity index is 492. The minimum Gasteiger partial charge on any atom is -0.369 e. The van der Waals surface area contributed by atoms with Crippen LogP contribution < -0.4 is 5.32 Å². The van der Waals surface area contributed by atoms with Crippen LogP contribution in [0.25, 0.3) is 5.82 Å². The molecule has 0 unspecified atom stereocenters. The van der Waals surface area contributed by atoms with E-state index in [9.17, 15) is 0 Å². The number of rotatable bonds is 6. The first-order valence-corrected chi connectivity index (χ1v) is 6.43. The molecule has 96 valence electrons. The van der Waals surface area contributed by atoms with E-state index in [-0.39, 0.29) is 0 Å². The number of hydrogen-bond acceptors (Lipinski definition) is 4. The van der Waals surface area contributed by atoms with Gasteiger partial charge in [-0.15, -0.1) is 0 Å². The average molecular weight is 245 g/mol. The number of aromatic nitrogens is 4. The molecule has 0 atom stereocenters. The van der Waals surface area contributed by atoms with Crippen molar-refractivity contribution in [3.05, 3.63) is 30.6 Å². The van der Waals surface area contributed by atoms with E-state index in [1.165, 1.54) is 0 Å². The highest BCUT2D eigenvalue weighted by Gasteiger charge is 2.06. The first-order chi connectivity index (χ1) is 8.85. The van der Waals surface area contributed by atoms with E-state index in [2.05, 4.69) is 34.1 Å². The molecular formula is C13H19N5. The highest BCUT2D eigenvalue weighted by Crippen LogP contribution is 2.11. The second-order valence-corrected chi connectivity index (χ2v) is 4.15. The summed E-state index contributed by atoms with van der Waals surface area (Å²) in [5.74, 6) is 2.65. The van der Waals surface area contributed by atoms with Gasteiger partial charge in [0.15, 0.2) is 5.82 Å². The van der Waals surface area contributed by atoms with Gasteiger partial charge in [-0.05, 0) is 12.8 Å². The summed E-state index contributed by atoms with van der Waals surface area (Å²) in [6, 6.07) is 0. The molecule has 2 rings (SSSR count). The lowest BCUT2D eigenvalue weighted by molar-refractivity contribution is 0.795. The molecule has 18 heavy (non-hydrogen) atoms. The summed E-state index contributed by atoms with van der Waals surface area (Å²) in [7, 11) is 0. The fraction of sp³-hybridized carbons (Fsp3) is 0.462. The molecule has 0 saturated heterocycles. The third-order valence-electron chi connectivity index (χ3n) is 2.62. The van der Waals surface area contributed by atoms with Gasteiger partial charge in [-0.2, -0.15) is 0 Å². The van der Waals surface area contributed by atoms with Gasteiger partial charge in [0.25, 0.3) is 0 Å². The standard InChI is InChI=1S/C13H19N5/c1-3-5-12-16-7-8-18(12)13-10-14-9-11(17-13)15-6-4-2/h7-10H,3-6H2,1-2H3,(H,15,17). The Kier molecular flexibility index (Phi) is 4.28. The van der Waals surface area contributed by atoms with E-state index in [1.54, 1.807) is 18.6 Å². The van der Waals surface area contributed by atoms with Crippen molar-refractivity contribution in [1.82, 2.24) is 19.5 Å². The van der Waals surface area contributed by atoms with Gasteiger partial charge >= 0.3 is 0 Å². The van der Waals surface area contributed by atoms with Gasteiger partial charge in [-0.25, -0.2) is 9.97 Å². The minimum absolute atomic E-state index is 0.811. The molecule has 0 saturated carbocycles. The zero-order valence-electron chi connectivity index (χ0n) is 10.9. The van der Waals surface area contributed by atoms with E-state index >= 15 is 0 Å².